The normalized spacial score (nSPS) is 11.9. The van der Waals surface area contributed by atoms with E-state index in [-0.39, 0.29) is 11.9 Å². The van der Waals surface area contributed by atoms with Crippen molar-refractivity contribution in [1.82, 2.24) is 5.32 Å². The molecule has 4 heteroatoms. The fraction of sp³-hybridized carbons (Fsp3) is 0.133. The van der Waals surface area contributed by atoms with Crippen LogP contribution in [0.25, 0.3) is 0 Å². The summed E-state index contributed by atoms with van der Waals surface area (Å²) < 4.78 is 0. The van der Waals surface area contributed by atoms with Crippen molar-refractivity contribution in [2.75, 3.05) is 0 Å². The first-order chi connectivity index (χ1) is 9.08. The summed E-state index contributed by atoms with van der Waals surface area (Å²) in [6.07, 6.45) is 0. The Labute approximate surface area is 122 Å². The molecule has 0 saturated carbocycles. The van der Waals surface area contributed by atoms with Crippen LogP contribution < -0.4 is 5.32 Å². The van der Waals surface area contributed by atoms with Crippen LogP contribution in [0.4, 0.5) is 0 Å². The summed E-state index contributed by atoms with van der Waals surface area (Å²) in [5, 5.41) is 4.03. The van der Waals surface area contributed by atoms with Gasteiger partial charge in [-0.3, -0.25) is 4.79 Å². The first-order valence-electron chi connectivity index (χ1n) is 5.89. The third-order valence-corrected chi connectivity index (χ3v) is 3.42. The average Bonchev–Trinajstić information content (AvgIpc) is 2.39. The molecule has 19 heavy (non-hydrogen) atoms. The van der Waals surface area contributed by atoms with Crippen LogP contribution in [0.1, 0.15) is 28.9 Å². The van der Waals surface area contributed by atoms with E-state index in [0.717, 1.165) is 5.56 Å². The van der Waals surface area contributed by atoms with E-state index >= 15 is 0 Å². The van der Waals surface area contributed by atoms with Crippen molar-refractivity contribution in [1.29, 1.82) is 0 Å². The summed E-state index contributed by atoms with van der Waals surface area (Å²) in [5.41, 5.74) is 1.47. The molecule has 0 aliphatic carbocycles. The molecular formula is C15H13Cl2NO. The van der Waals surface area contributed by atoms with Crippen LogP contribution in [0.3, 0.4) is 0 Å². The van der Waals surface area contributed by atoms with Gasteiger partial charge in [0.1, 0.15) is 0 Å². The SMILES string of the molecule is CC(NC(=O)c1ccccc1Cl)c1ccc(Cl)cc1. The van der Waals surface area contributed by atoms with Gasteiger partial charge < -0.3 is 5.32 Å². The molecule has 0 spiro atoms. The molecule has 0 saturated heterocycles. The highest BCUT2D eigenvalue weighted by atomic mass is 35.5. The number of amides is 1. The smallest absolute Gasteiger partial charge is 0.253 e. The Morgan fingerprint density at radius 1 is 1.05 bits per heavy atom. The van der Waals surface area contributed by atoms with Gasteiger partial charge in [-0.05, 0) is 36.8 Å². The van der Waals surface area contributed by atoms with Gasteiger partial charge >= 0.3 is 0 Å². The first-order valence-corrected chi connectivity index (χ1v) is 6.64. The zero-order valence-corrected chi connectivity index (χ0v) is 11.9. The van der Waals surface area contributed by atoms with Gasteiger partial charge in [0.05, 0.1) is 16.6 Å². The maximum absolute atomic E-state index is 12.1. The number of hydrogen-bond acceptors (Lipinski definition) is 1. The maximum Gasteiger partial charge on any atom is 0.253 e. The Balaban J connectivity index is 2.11. The summed E-state index contributed by atoms with van der Waals surface area (Å²) in [7, 11) is 0. The highest BCUT2D eigenvalue weighted by molar-refractivity contribution is 6.33. The second kappa shape index (κ2) is 6.09. The average molecular weight is 294 g/mol. The van der Waals surface area contributed by atoms with Gasteiger partial charge in [0, 0.05) is 5.02 Å². The van der Waals surface area contributed by atoms with E-state index in [4.69, 9.17) is 23.2 Å². The first kappa shape index (κ1) is 13.9. The van der Waals surface area contributed by atoms with Crippen molar-refractivity contribution in [2.45, 2.75) is 13.0 Å². The quantitative estimate of drug-likeness (QED) is 0.888. The molecule has 0 radical (unpaired) electrons. The van der Waals surface area contributed by atoms with Crippen LogP contribution in [0.2, 0.25) is 10.0 Å². The van der Waals surface area contributed by atoms with Crippen molar-refractivity contribution in [3.8, 4) is 0 Å². The van der Waals surface area contributed by atoms with Gasteiger partial charge in [-0.1, -0.05) is 47.5 Å². The predicted molar refractivity (Wildman–Crippen MR) is 78.8 cm³/mol. The lowest BCUT2D eigenvalue weighted by atomic mass is 10.1. The molecule has 0 aliphatic heterocycles. The van der Waals surface area contributed by atoms with Crippen LogP contribution in [-0.2, 0) is 0 Å². The number of carbonyl (C=O) groups is 1. The van der Waals surface area contributed by atoms with Crippen LogP contribution in [-0.4, -0.2) is 5.91 Å². The van der Waals surface area contributed by atoms with E-state index in [1.54, 1.807) is 36.4 Å². The molecule has 0 bridgehead atoms. The van der Waals surface area contributed by atoms with Crippen molar-refractivity contribution < 1.29 is 4.79 Å². The van der Waals surface area contributed by atoms with Gasteiger partial charge in [-0.2, -0.15) is 0 Å². The molecule has 2 rings (SSSR count). The van der Waals surface area contributed by atoms with Crippen molar-refractivity contribution in [3.63, 3.8) is 0 Å². The van der Waals surface area contributed by atoms with Gasteiger partial charge in [0.25, 0.3) is 5.91 Å². The van der Waals surface area contributed by atoms with Gasteiger partial charge in [-0.15, -0.1) is 0 Å². The molecule has 0 fully saturated rings. The molecule has 1 amide bonds. The second-order valence-electron chi connectivity index (χ2n) is 4.23. The summed E-state index contributed by atoms with van der Waals surface area (Å²) in [4.78, 5) is 12.1. The van der Waals surface area contributed by atoms with Crippen molar-refractivity contribution in [3.05, 3.63) is 69.7 Å². The topological polar surface area (TPSA) is 29.1 Å². The second-order valence-corrected chi connectivity index (χ2v) is 5.07. The molecule has 2 nitrogen and oxygen atoms in total. The van der Waals surface area contributed by atoms with E-state index in [0.29, 0.717) is 15.6 Å². The largest absolute Gasteiger partial charge is 0.345 e. The minimum absolute atomic E-state index is 0.110. The highest BCUT2D eigenvalue weighted by Gasteiger charge is 2.13. The third kappa shape index (κ3) is 3.49. The number of halogens is 2. The summed E-state index contributed by atoms with van der Waals surface area (Å²) in [6.45, 7) is 1.91. The molecule has 1 N–H and O–H groups in total. The minimum atomic E-state index is -0.187. The molecule has 98 valence electrons. The number of hydrogen-bond donors (Lipinski definition) is 1. The Hall–Kier alpha value is -1.51. The van der Waals surface area contributed by atoms with Crippen molar-refractivity contribution in [2.24, 2.45) is 0 Å². The summed E-state index contributed by atoms with van der Waals surface area (Å²) >= 11 is 11.8. The van der Waals surface area contributed by atoms with Crippen LogP contribution in [0, 0.1) is 0 Å². The lowest BCUT2D eigenvalue weighted by molar-refractivity contribution is 0.0940. The number of rotatable bonds is 3. The van der Waals surface area contributed by atoms with Crippen LogP contribution in [0.5, 0.6) is 0 Å². The Bertz CT molecular complexity index is 581. The zero-order chi connectivity index (χ0) is 13.8. The van der Waals surface area contributed by atoms with E-state index in [9.17, 15) is 4.79 Å². The third-order valence-electron chi connectivity index (χ3n) is 2.84. The Morgan fingerprint density at radius 2 is 1.68 bits per heavy atom. The molecule has 1 unspecified atom stereocenters. The van der Waals surface area contributed by atoms with E-state index < -0.39 is 0 Å². The van der Waals surface area contributed by atoms with E-state index in [1.165, 1.54) is 0 Å². The van der Waals surface area contributed by atoms with Crippen LogP contribution in [0.15, 0.2) is 48.5 Å². The minimum Gasteiger partial charge on any atom is -0.345 e. The van der Waals surface area contributed by atoms with Crippen LogP contribution >= 0.6 is 23.2 Å². The van der Waals surface area contributed by atoms with Gasteiger partial charge in [0.2, 0.25) is 0 Å². The molecule has 0 aliphatic rings. The molecule has 2 aromatic rings. The zero-order valence-electron chi connectivity index (χ0n) is 10.4. The number of carbonyl (C=O) groups excluding carboxylic acids is 1. The fourth-order valence-corrected chi connectivity index (χ4v) is 2.10. The van der Waals surface area contributed by atoms with Gasteiger partial charge in [0.15, 0.2) is 0 Å². The number of benzene rings is 2. The van der Waals surface area contributed by atoms with Crippen molar-refractivity contribution >= 4 is 29.1 Å². The monoisotopic (exact) mass is 293 g/mol. The van der Waals surface area contributed by atoms with E-state index in [1.807, 2.05) is 19.1 Å². The standard InChI is InChI=1S/C15H13Cl2NO/c1-10(11-6-8-12(16)9-7-11)18-15(19)13-4-2-3-5-14(13)17/h2-10H,1H3,(H,18,19). The van der Waals surface area contributed by atoms with E-state index in [2.05, 4.69) is 5.32 Å². The lowest BCUT2D eigenvalue weighted by Gasteiger charge is -2.15. The Morgan fingerprint density at radius 3 is 2.32 bits per heavy atom. The molecule has 1 atom stereocenters. The summed E-state index contributed by atoms with van der Waals surface area (Å²) in [5.74, 6) is -0.187. The predicted octanol–water partition coefficient (Wildman–Crippen LogP) is 4.48. The molecule has 2 aromatic carbocycles. The Kier molecular flexibility index (Phi) is 4.46. The molecule has 0 heterocycles. The molecular weight excluding hydrogens is 281 g/mol. The van der Waals surface area contributed by atoms with Gasteiger partial charge in [-0.25, -0.2) is 0 Å². The lowest BCUT2D eigenvalue weighted by Crippen LogP contribution is -2.26. The highest BCUT2D eigenvalue weighted by Crippen LogP contribution is 2.19. The fourth-order valence-electron chi connectivity index (χ4n) is 1.75. The number of nitrogens with one attached hydrogen (secondary N) is 1. The summed E-state index contributed by atoms with van der Waals surface area (Å²) in [6, 6.07) is 14.2. The maximum atomic E-state index is 12.1. The molecule has 0 aromatic heterocycles.